The van der Waals surface area contributed by atoms with Crippen molar-refractivity contribution in [3.63, 3.8) is 0 Å². The SMILES string of the molecule is CC1CCC(C(C)(C)c2cc3cccc(F)c3o2)C(O)C1. The molecule has 0 saturated heterocycles. The maximum Gasteiger partial charge on any atom is 0.169 e. The summed E-state index contributed by atoms with van der Waals surface area (Å²) < 4.78 is 19.6. The van der Waals surface area contributed by atoms with Crippen LogP contribution in [0.25, 0.3) is 11.0 Å². The molecule has 1 aliphatic rings. The van der Waals surface area contributed by atoms with E-state index in [2.05, 4.69) is 20.8 Å². The van der Waals surface area contributed by atoms with Crippen molar-refractivity contribution in [3.8, 4) is 0 Å². The van der Waals surface area contributed by atoms with Crippen molar-refractivity contribution in [1.29, 1.82) is 0 Å². The normalized spacial score (nSPS) is 27.2. The van der Waals surface area contributed by atoms with Crippen LogP contribution in [0.4, 0.5) is 4.39 Å². The first-order valence-corrected chi connectivity index (χ1v) is 7.76. The second-order valence-corrected chi connectivity index (χ2v) is 7.08. The summed E-state index contributed by atoms with van der Waals surface area (Å²) in [7, 11) is 0. The van der Waals surface area contributed by atoms with E-state index < -0.39 is 0 Å². The zero-order chi connectivity index (χ0) is 15.2. The van der Waals surface area contributed by atoms with Gasteiger partial charge in [-0.05, 0) is 36.8 Å². The minimum absolute atomic E-state index is 0.150. The summed E-state index contributed by atoms with van der Waals surface area (Å²) >= 11 is 0. The summed E-state index contributed by atoms with van der Waals surface area (Å²) in [5, 5.41) is 11.2. The molecular formula is C18H23FO2. The first kappa shape index (κ1) is 14.6. The molecular weight excluding hydrogens is 267 g/mol. The van der Waals surface area contributed by atoms with E-state index in [1.165, 1.54) is 6.07 Å². The quantitative estimate of drug-likeness (QED) is 0.873. The van der Waals surface area contributed by atoms with Gasteiger partial charge in [0.25, 0.3) is 0 Å². The molecule has 1 saturated carbocycles. The van der Waals surface area contributed by atoms with Crippen molar-refractivity contribution in [1.82, 2.24) is 0 Å². The fraction of sp³-hybridized carbons (Fsp3) is 0.556. The molecule has 1 aliphatic carbocycles. The number of halogens is 1. The third-order valence-corrected chi connectivity index (χ3v) is 5.14. The lowest BCUT2D eigenvalue weighted by Gasteiger charge is -2.40. The molecule has 3 rings (SSSR count). The Hall–Kier alpha value is -1.35. The fourth-order valence-electron chi connectivity index (χ4n) is 3.72. The Kier molecular flexibility index (Phi) is 3.56. The molecule has 1 fully saturated rings. The van der Waals surface area contributed by atoms with Gasteiger partial charge < -0.3 is 9.52 Å². The number of para-hydroxylation sites is 1. The second kappa shape index (κ2) is 5.13. The van der Waals surface area contributed by atoms with Gasteiger partial charge in [0.2, 0.25) is 0 Å². The molecule has 0 radical (unpaired) electrons. The largest absolute Gasteiger partial charge is 0.457 e. The average molecular weight is 290 g/mol. The van der Waals surface area contributed by atoms with E-state index >= 15 is 0 Å². The summed E-state index contributed by atoms with van der Waals surface area (Å²) in [5.74, 6) is 1.16. The number of aliphatic hydroxyl groups is 1. The van der Waals surface area contributed by atoms with Gasteiger partial charge in [-0.1, -0.05) is 39.3 Å². The number of hydrogen-bond acceptors (Lipinski definition) is 2. The molecule has 2 aromatic rings. The molecule has 114 valence electrons. The lowest BCUT2D eigenvalue weighted by Crippen LogP contribution is -2.41. The maximum atomic E-state index is 13.8. The zero-order valence-corrected chi connectivity index (χ0v) is 12.9. The van der Waals surface area contributed by atoms with Gasteiger partial charge >= 0.3 is 0 Å². The highest BCUT2D eigenvalue weighted by molar-refractivity contribution is 5.78. The minimum Gasteiger partial charge on any atom is -0.457 e. The summed E-state index contributed by atoms with van der Waals surface area (Å²) in [6.07, 6.45) is 2.62. The van der Waals surface area contributed by atoms with Crippen LogP contribution in [0.5, 0.6) is 0 Å². The van der Waals surface area contributed by atoms with Gasteiger partial charge in [0.1, 0.15) is 5.76 Å². The average Bonchev–Trinajstić information content (AvgIpc) is 2.84. The number of hydrogen-bond donors (Lipinski definition) is 1. The van der Waals surface area contributed by atoms with Crippen LogP contribution in [0, 0.1) is 17.7 Å². The highest BCUT2D eigenvalue weighted by Gasteiger charge is 2.41. The minimum atomic E-state index is -0.327. The van der Waals surface area contributed by atoms with Crippen LogP contribution in [0.3, 0.4) is 0 Å². The lowest BCUT2D eigenvalue weighted by molar-refractivity contribution is 0.00910. The van der Waals surface area contributed by atoms with E-state index in [0.29, 0.717) is 11.5 Å². The van der Waals surface area contributed by atoms with Gasteiger partial charge in [-0.3, -0.25) is 0 Å². The van der Waals surface area contributed by atoms with Crippen molar-refractivity contribution in [2.24, 2.45) is 11.8 Å². The van der Waals surface area contributed by atoms with Gasteiger partial charge in [0, 0.05) is 10.8 Å². The van der Waals surface area contributed by atoms with E-state index in [1.807, 2.05) is 12.1 Å². The van der Waals surface area contributed by atoms with E-state index in [4.69, 9.17) is 4.42 Å². The van der Waals surface area contributed by atoms with Crippen LogP contribution in [-0.4, -0.2) is 11.2 Å². The van der Waals surface area contributed by atoms with E-state index in [1.54, 1.807) is 6.07 Å². The fourth-order valence-corrected chi connectivity index (χ4v) is 3.72. The number of furan rings is 1. The molecule has 0 spiro atoms. The molecule has 3 heteroatoms. The van der Waals surface area contributed by atoms with Crippen LogP contribution in [0.1, 0.15) is 45.8 Å². The molecule has 3 atom stereocenters. The molecule has 2 nitrogen and oxygen atoms in total. The van der Waals surface area contributed by atoms with Crippen molar-refractivity contribution < 1.29 is 13.9 Å². The highest BCUT2D eigenvalue weighted by atomic mass is 19.1. The van der Waals surface area contributed by atoms with Gasteiger partial charge in [-0.25, -0.2) is 4.39 Å². The van der Waals surface area contributed by atoms with Crippen LogP contribution >= 0.6 is 0 Å². The van der Waals surface area contributed by atoms with Gasteiger partial charge in [0.05, 0.1) is 6.10 Å². The summed E-state index contributed by atoms with van der Waals surface area (Å²) in [6, 6.07) is 6.89. The number of aliphatic hydroxyl groups excluding tert-OH is 1. The molecule has 1 aromatic heterocycles. The van der Waals surface area contributed by atoms with Gasteiger partial charge in [-0.2, -0.15) is 0 Å². The van der Waals surface area contributed by atoms with E-state index in [9.17, 15) is 9.50 Å². The zero-order valence-electron chi connectivity index (χ0n) is 12.9. The molecule has 21 heavy (non-hydrogen) atoms. The van der Waals surface area contributed by atoms with Crippen molar-refractivity contribution in [3.05, 3.63) is 35.8 Å². The third kappa shape index (κ3) is 2.48. The number of fused-ring (bicyclic) bond motifs is 1. The second-order valence-electron chi connectivity index (χ2n) is 7.08. The Morgan fingerprint density at radius 3 is 2.71 bits per heavy atom. The standard InChI is InChI=1S/C18H23FO2/c1-11-7-8-13(15(20)9-11)18(2,3)16-10-12-5-4-6-14(19)17(12)21-16/h4-6,10-11,13,15,20H,7-9H2,1-3H3. The monoisotopic (exact) mass is 290 g/mol. The Bertz CT molecular complexity index is 644. The smallest absolute Gasteiger partial charge is 0.169 e. The number of benzene rings is 1. The molecule has 0 amide bonds. The molecule has 1 aromatic carbocycles. The van der Waals surface area contributed by atoms with Gasteiger partial charge in [0.15, 0.2) is 11.4 Å². The highest BCUT2D eigenvalue weighted by Crippen LogP contribution is 2.43. The van der Waals surface area contributed by atoms with Crippen molar-refractivity contribution >= 4 is 11.0 Å². The summed E-state index contributed by atoms with van der Waals surface area (Å²) in [4.78, 5) is 0. The Balaban J connectivity index is 1.97. The maximum absolute atomic E-state index is 13.8. The van der Waals surface area contributed by atoms with E-state index in [-0.39, 0.29) is 23.3 Å². The van der Waals surface area contributed by atoms with Crippen LogP contribution in [-0.2, 0) is 5.41 Å². The lowest BCUT2D eigenvalue weighted by atomic mass is 9.66. The van der Waals surface area contributed by atoms with Crippen LogP contribution in [0.2, 0.25) is 0 Å². The molecule has 0 bridgehead atoms. The summed E-state index contributed by atoms with van der Waals surface area (Å²) in [5.41, 5.74) is 0.0182. The Labute approximate surface area is 125 Å². The van der Waals surface area contributed by atoms with Crippen LogP contribution in [0.15, 0.2) is 28.7 Å². The van der Waals surface area contributed by atoms with Crippen molar-refractivity contribution in [2.45, 2.75) is 51.6 Å². The van der Waals surface area contributed by atoms with Gasteiger partial charge in [-0.15, -0.1) is 0 Å². The molecule has 1 N–H and O–H groups in total. The van der Waals surface area contributed by atoms with Crippen molar-refractivity contribution in [2.75, 3.05) is 0 Å². The van der Waals surface area contributed by atoms with Crippen LogP contribution < -0.4 is 0 Å². The molecule has 3 unspecified atom stereocenters. The first-order valence-electron chi connectivity index (χ1n) is 7.76. The topological polar surface area (TPSA) is 33.4 Å². The molecule has 1 heterocycles. The summed E-state index contributed by atoms with van der Waals surface area (Å²) in [6.45, 7) is 6.36. The number of rotatable bonds is 2. The first-order chi connectivity index (χ1) is 9.89. The molecule has 0 aliphatic heterocycles. The predicted octanol–water partition coefficient (Wildman–Crippen LogP) is 4.65. The van der Waals surface area contributed by atoms with E-state index in [0.717, 1.165) is 30.4 Å². The predicted molar refractivity (Wildman–Crippen MR) is 81.7 cm³/mol. The Morgan fingerprint density at radius 1 is 1.29 bits per heavy atom. The third-order valence-electron chi connectivity index (χ3n) is 5.14. The Morgan fingerprint density at radius 2 is 2.05 bits per heavy atom.